The summed E-state index contributed by atoms with van der Waals surface area (Å²) in [4.78, 5) is 30.6. The van der Waals surface area contributed by atoms with Crippen molar-refractivity contribution >= 4 is 16.9 Å². The molecule has 0 bridgehead atoms. The van der Waals surface area contributed by atoms with Gasteiger partial charge < -0.3 is 10.5 Å². The molecule has 0 spiro atoms. The van der Waals surface area contributed by atoms with Gasteiger partial charge >= 0.3 is 0 Å². The molecule has 0 aliphatic carbocycles. The molecule has 2 aromatic rings. The number of primary amides is 1. The van der Waals surface area contributed by atoms with Crippen LogP contribution in [0.4, 0.5) is 0 Å². The third-order valence-corrected chi connectivity index (χ3v) is 4.08. The summed E-state index contributed by atoms with van der Waals surface area (Å²) in [6, 6.07) is 5.10. The molecule has 0 saturated carbocycles. The molecular formula is C16H20N4O3. The first-order valence-corrected chi connectivity index (χ1v) is 7.68. The van der Waals surface area contributed by atoms with Crippen LogP contribution >= 0.6 is 0 Å². The maximum Gasteiger partial charge on any atom is 0.265 e. The Kier molecular flexibility index (Phi) is 4.40. The van der Waals surface area contributed by atoms with Crippen molar-refractivity contribution in [3.05, 3.63) is 40.3 Å². The fourth-order valence-corrected chi connectivity index (χ4v) is 2.93. The number of hydrogen-bond donors (Lipinski definition) is 1. The molecule has 3 rings (SSSR count). The SMILES string of the molecule is C[C@H]1CN(CCn2c(=O)c(C(N)=O)cc3cccnc32)CCO1. The lowest BCUT2D eigenvalue weighted by molar-refractivity contribution is -0.0191. The molecule has 23 heavy (non-hydrogen) atoms. The molecule has 1 fully saturated rings. The van der Waals surface area contributed by atoms with Crippen LogP contribution in [0.5, 0.6) is 0 Å². The van der Waals surface area contributed by atoms with Crippen molar-refractivity contribution in [3.8, 4) is 0 Å². The average molecular weight is 316 g/mol. The summed E-state index contributed by atoms with van der Waals surface area (Å²) >= 11 is 0. The zero-order chi connectivity index (χ0) is 16.4. The number of aromatic nitrogens is 2. The van der Waals surface area contributed by atoms with Gasteiger partial charge in [0, 0.05) is 37.8 Å². The average Bonchev–Trinajstić information content (AvgIpc) is 2.53. The van der Waals surface area contributed by atoms with Gasteiger partial charge in [0.15, 0.2) is 0 Å². The van der Waals surface area contributed by atoms with Crippen LogP contribution in [0.15, 0.2) is 29.2 Å². The van der Waals surface area contributed by atoms with Crippen molar-refractivity contribution in [2.75, 3.05) is 26.2 Å². The van der Waals surface area contributed by atoms with Crippen molar-refractivity contribution in [1.82, 2.24) is 14.5 Å². The van der Waals surface area contributed by atoms with E-state index < -0.39 is 5.91 Å². The van der Waals surface area contributed by atoms with Crippen LogP contribution < -0.4 is 11.3 Å². The third-order valence-electron chi connectivity index (χ3n) is 4.08. The van der Waals surface area contributed by atoms with E-state index in [4.69, 9.17) is 10.5 Å². The molecule has 1 amide bonds. The number of rotatable bonds is 4. The second kappa shape index (κ2) is 6.47. The molecule has 0 radical (unpaired) electrons. The van der Waals surface area contributed by atoms with Crippen LogP contribution in [-0.4, -0.2) is 52.7 Å². The Bertz CT molecular complexity index is 786. The van der Waals surface area contributed by atoms with Gasteiger partial charge in [0.05, 0.1) is 12.7 Å². The summed E-state index contributed by atoms with van der Waals surface area (Å²) in [7, 11) is 0. The Labute approximate surface area is 133 Å². The number of carbonyl (C=O) groups excluding carboxylic acids is 1. The summed E-state index contributed by atoms with van der Waals surface area (Å²) in [5, 5.41) is 0.733. The highest BCUT2D eigenvalue weighted by molar-refractivity contribution is 5.95. The van der Waals surface area contributed by atoms with Gasteiger partial charge in [-0.2, -0.15) is 0 Å². The summed E-state index contributed by atoms with van der Waals surface area (Å²) in [5.41, 5.74) is 5.52. The molecular weight excluding hydrogens is 296 g/mol. The number of fused-ring (bicyclic) bond motifs is 1. The van der Waals surface area contributed by atoms with Gasteiger partial charge in [-0.25, -0.2) is 4.98 Å². The van der Waals surface area contributed by atoms with Gasteiger partial charge in [0.25, 0.3) is 11.5 Å². The van der Waals surface area contributed by atoms with E-state index in [1.807, 2.05) is 13.0 Å². The van der Waals surface area contributed by atoms with Crippen molar-refractivity contribution in [2.45, 2.75) is 19.6 Å². The minimum Gasteiger partial charge on any atom is -0.376 e. The fraction of sp³-hybridized carbons (Fsp3) is 0.438. The quantitative estimate of drug-likeness (QED) is 0.871. The Morgan fingerprint density at radius 1 is 1.48 bits per heavy atom. The summed E-state index contributed by atoms with van der Waals surface area (Å²) in [6.45, 7) is 5.54. The maximum absolute atomic E-state index is 12.5. The van der Waals surface area contributed by atoms with Gasteiger partial charge in [0.2, 0.25) is 0 Å². The molecule has 0 unspecified atom stereocenters. The number of nitrogens with zero attached hydrogens (tertiary/aromatic N) is 3. The van der Waals surface area contributed by atoms with E-state index in [0.29, 0.717) is 25.3 Å². The van der Waals surface area contributed by atoms with Crippen molar-refractivity contribution < 1.29 is 9.53 Å². The highest BCUT2D eigenvalue weighted by Crippen LogP contribution is 2.11. The number of hydrogen-bond acceptors (Lipinski definition) is 5. The standard InChI is InChI=1S/C16H20N4O3/c1-11-10-19(7-8-23-11)5-6-20-15-12(3-2-4-18-15)9-13(14(17)21)16(20)22/h2-4,9,11H,5-8,10H2,1H3,(H2,17,21)/t11-/m0/s1. The molecule has 1 atom stereocenters. The number of carbonyl (C=O) groups is 1. The molecule has 1 aliphatic heterocycles. The van der Waals surface area contributed by atoms with Crippen LogP contribution in [0.2, 0.25) is 0 Å². The highest BCUT2D eigenvalue weighted by Gasteiger charge is 2.18. The van der Waals surface area contributed by atoms with E-state index in [1.54, 1.807) is 12.3 Å². The topological polar surface area (TPSA) is 90.5 Å². The first kappa shape index (κ1) is 15.6. The zero-order valence-electron chi connectivity index (χ0n) is 13.1. The lowest BCUT2D eigenvalue weighted by Crippen LogP contribution is -2.43. The highest BCUT2D eigenvalue weighted by atomic mass is 16.5. The van der Waals surface area contributed by atoms with Gasteiger partial charge in [-0.15, -0.1) is 0 Å². The molecule has 7 nitrogen and oxygen atoms in total. The second-order valence-corrected chi connectivity index (χ2v) is 5.78. The Morgan fingerprint density at radius 3 is 3.04 bits per heavy atom. The Hall–Kier alpha value is -2.25. The Balaban J connectivity index is 1.93. The van der Waals surface area contributed by atoms with E-state index in [9.17, 15) is 9.59 Å². The summed E-state index contributed by atoms with van der Waals surface area (Å²) in [6.07, 6.45) is 1.83. The van der Waals surface area contributed by atoms with Crippen molar-refractivity contribution in [2.24, 2.45) is 5.73 Å². The van der Waals surface area contributed by atoms with E-state index in [1.165, 1.54) is 10.6 Å². The van der Waals surface area contributed by atoms with Crippen molar-refractivity contribution in [1.29, 1.82) is 0 Å². The van der Waals surface area contributed by atoms with Gasteiger partial charge in [-0.05, 0) is 25.1 Å². The molecule has 122 valence electrons. The van der Waals surface area contributed by atoms with Crippen LogP contribution in [0, 0.1) is 0 Å². The molecule has 3 heterocycles. The van der Waals surface area contributed by atoms with Gasteiger partial charge in [-0.1, -0.05) is 0 Å². The Morgan fingerprint density at radius 2 is 2.30 bits per heavy atom. The van der Waals surface area contributed by atoms with E-state index in [-0.39, 0.29) is 17.2 Å². The second-order valence-electron chi connectivity index (χ2n) is 5.78. The molecule has 0 aromatic carbocycles. The van der Waals surface area contributed by atoms with Gasteiger partial charge in [-0.3, -0.25) is 19.1 Å². The van der Waals surface area contributed by atoms with Gasteiger partial charge in [0.1, 0.15) is 11.2 Å². The van der Waals surface area contributed by atoms with Crippen LogP contribution in [-0.2, 0) is 11.3 Å². The van der Waals surface area contributed by atoms with E-state index in [2.05, 4.69) is 9.88 Å². The molecule has 2 aromatic heterocycles. The van der Waals surface area contributed by atoms with Crippen molar-refractivity contribution in [3.63, 3.8) is 0 Å². The lowest BCUT2D eigenvalue weighted by atomic mass is 10.2. The number of nitrogens with two attached hydrogens (primary N) is 1. The smallest absolute Gasteiger partial charge is 0.265 e. The summed E-state index contributed by atoms with van der Waals surface area (Å²) in [5.74, 6) is -0.713. The number of morpholine rings is 1. The molecule has 7 heteroatoms. The first-order valence-electron chi connectivity index (χ1n) is 7.68. The van der Waals surface area contributed by atoms with E-state index >= 15 is 0 Å². The molecule has 2 N–H and O–H groups in total. The minimum absolute atomic E-state index is 0.000783. The largest absolute Gasteiger partial charge is 0.376 e. The lowest BCUT2D eigenvalue weighted by Gasteiger charge is -2.31. The normalized spacial score (nSPS) is 19.1. The fourth-order valence-electron chi connectivity index (χ4n) is 2.93. The third kappa shape index (κ3) is 3.25. The zero-order valence-corrected chi connectivity index (χ0v) is 13.1. The monoisotopic (exact) mass is 316 g/mol. The molecule has 1 saturated heterocycles. The maximum atomic E-state index is 12.5. The van der Waals surface area contributed by atoms with Crippen LogP contribution in [0.1, 0.15) is 17.3 Å². The predicted octanol–water partition coefficient (Wildman–Crippen LogP) is 0.216. The van der Waals surface area contributed by atoms with Crippen LogP contribution in [0.3, 0.4) is 0 Å². The van der Waals surface area contributed by atoms with E-state index in [0.717, 1.165) is 18.5 Å². The first-order chi connectivity index (χ1) is 11.1. The summed E-state index contributed by atoms with van der Waals surface area (Å²) < 4.78 is 7.06. The number of pyridine rings is 2. The minimum atomic E-state index is -0.713. The number of ether oxygens (including phenoxy) is 1. The predicted molar refractivity (Wildman–Crippen MR) is 86.4 cm³/mol. The number of amides is 1. The molecule has 1 aliphatic rings. The van der Waals surface area contributed by atoms with Crippen LogP contribution in [0.25, 0.3) is 11.0 Å².